The van der Waals surface area contributed by atoms with E-state index in [1.807, 2.05) is 34.7 Å². The van der Waals surface area contributed by atoms with Crippen molar-refractivity contribution in [3.8, 4) is 0 Å². The molecule has 0 fully saturated rings. The molecule has 0 aliphatic carbocycles. The summed E-state index contributed by atoms with van der Waals surface area (Å²) < 4.78 is 7.52. The van der Waals surface area contributed by atoms with Crippen molar-refractivity contribution in [2.24, 2.45) is 12.9 Å². The molecule has 0 bridgehead atoms. The summed E-state index contributed by atoms with van der Waals surface area (Å²) in [4.78, 5) is 0. The monoisotopic (exact) mass is 274 g/mol. The first kappa shape index (κ1) is 15.4. The number of hydrogen-bond acceptors (Lipinski definition) is 4. The quantitative estimate of drug-likeness (QED) is 0.611. The van der Waals surface area contributed by atoms with E-state index in [0.29, 0.717) is 18.1 Å². The number of hydrogen-bond donors (Lipinski definition) is 2. The number of nitrogens with zero attached hydrogens (tertiary/aromatic N) is 2. The Balaban J connectivity index is 2.92. The summed E-state index contributed by atoms with van der Waals surface area (Å²) in [5.41, 5.74) is 4.24. The van der Waals surface area contributed by atoms with E-state index in [-0.39, 0.29) is 11.6 Å². The van der Waals surface area contributed by atoms with Crippen molar-refractivity contribution in [2.45, 2.75) is 45.8 Å². The summed E-state index contributed by atoms with van der Waals surface area (Å²) >= 11 is 6.25. The van der Waals surface area contributed by atoms with Gasteiger partial charge in [0.2, 0.25) is 0 Å². The van der Waals surface area contributed by atoms with Gasteiger partial charge in [-0.3, -0.25) is 16.0 Å². The molecule has 0 saturated carbocycles. The van der Waals surface area contributed by atoms with E-state index in [4.69, 9.17) is 22.2 Å². The summed E-state index contributed by atoms with van der Waals surface area (Å²) in [6, 6.07) is -0.0373. The van der Waals surface area contributed by atoms with Gasteiger partial charge in [-0.2, -0.15) is 5.10 Å². The maximum absolute atomic E-state index is 6.25. The van der Waals surface area contributed by atoms with E-state index in [1.54, 1.807) is 4.68 Å². The van der Waals surface area contributed by atoms with Gasteiger partial charge in [-0.05, 0) is 27.7 Å². The minimum absolute atomic E-state index is 0.0373. The Morgan fingerprint density at radius 2 is 2.17 bits per heavy atom. The van der Waals surface area contributed by atoms with E-state index in [1.165, 1.54) is 0 Å². The molecule has 0 aromatic carbocycles. The van der Waals surface area contributed by atoms with Gasteiger partial charge in [0, 0.05) is 20.1 Å². The predicted molar refractivity (Wildman–Crippen MR) is 73.5 cm³/mol. The smallest absolute Gasteiger partial charge is 0.0847 e. The van der Waals surface area contributed by atoms with E-state index in [9.17, 15) is 0 Å². The average molecular weight is 275 g/mol. The summed E-state index contributed by atoms with van der Waals surface area (Å²) in [6.45, 7) is 8.53. The first-order valence-electron chi connectivity index (χ1n) is 6.11. The number of hydrazine groups is 1. The van der Waals surface area contributed by atoms with E-state index in [2.05, 4.69) is 10.5 Å². The van der Waals surface area contributed by atoms with Crippen molar-refractivity contribution in [3.05, 3.63) is 16.4 Å². The van der Waals surface area contributed by atoms with Crippen LogP contribution in [0.1, 0.15) is 32.2 Å². The van der Waals surface area contributed by atoms with Crippen molar-refractivity contribution >= 4 is 11.6 Å². The van der Waals surface area contributed by atoms with Crippen molar-refractivity contribution in [1.82, 2.24) is 15.2 Å². The zero-order valence-corrected chi connectivity index (χ0v) is 12.5. The highest BCUT2D eigenvalue weighted by Crippen LogP contribution is 2.24. The van der Waals surface area contributed by atoms with E-state index in [0.717, 1.165) is 11.4 Å². The predicted octanol–water partition coefficient (Wildman–Crippen LogP) is 1.57. The fraction of sp³-hybridized carbons (Fsp3) is 0.750. The summed E-state index contributed by atoms with van der Waals surface area (Å²) in [5.74, 6) is 5.64. The maximum Gasteiger partial charge on any atom is 0.0847 e. The van der Waals surface area contributed by atoms with Crippen molar-refractivity contribution in [1.29, 1.82) is 0 Å². The van der Waals surface area contributed by atoms with Gasteiger partial charge in [0.1, 0.15) is 0 Å². The number of ether oxygens (including phenoxy) is 1. The number of aromatic nitrogens is 2. The summed E-state index contributed by atoms with van der Waals surface area (Å²) in [6.07, 6.45) is 0.666. The number of nitrogens with one attached hydrogen (secondary N) is 1. The first-order chi connectivity index (χ1) is 8.33. The molecule has 1 aromatic rings. The van der Waals surface area contributed by atoms with Crippen LogP contribution in [0.5, 0.6) is 0 Å². The molecule has 0 aliphatic rings. The normalized spacial score (nSPS) is 13.9. The molecule has 0 radical (unpaired) electrons. The van der Waals surface area contributed by atoms with Gasteiger partial charge in [-0.25, -0.2) is 0 Å². The zero-order valence-electron chi connectivity index (χ0n) is 11.7. The highest BCUT2D eigenvalue weighted by atomic mass is 35.5. The van der Waals surface area contributed by atoms with Gasteiger partial charge >= 0.3 is 0 Å². The molecule has 0 spiro atoms. The van der Waals surface area contributed by atoms with Crippen LogP contribution in [-0.4, -0.2) is 28.0 Å². The zero-order chi connectivity index (χ0) is 13.9. The molecule has 1 aromatic heterocycles. The standard InChI is InChI=1S/C12H23ClN4O/c1-6-18-12(3,4)10(15-14)7-9-11(13)8(2)16-17(9)5/h10,15H,6-7,14H2,1-5H3. The number of nitrogens with two attached hydrogens (primary N) is 1. The van der Waals surface area contributed by atoms with Crippen LogP contribution in [0.3, 0.4) is 0 Å². The summed E-state index contributed by atoms with van der Waals surface area (Å²) in [5, 5.41) is 5.00. The highest BCUT2D eigenvalue weighted by molar-refractivity contribution is 6.31. The van der Waals surface area contributed by atoms with Gasteiger partial charge in [-0.15, -0.1) is 0 Å². The van der Waals surface area contributed by atoms with Gasteiger partial charge in [0.25, 0.3) is 0 Å². The molecular formula is C12H23ClN4O. The number of halogens is 1. The van der Waals surface area contributed by atoms with E-state index >= 15 is 0 Å². The molecule has 5 nitrogen and oxygen atoms in total. The van der Waals surface area contributed by atoms with Crippen molar-refractivity contribution in [3.63, 3.8) is 0 Å². The Morgan fingerprint density at radius 1 is 1.56 bits per heavy atom. The molecule has 104 valence electrons. The third-order valence-electron chi connectivity index (χ3n) is 3.22. The lowest BCUT2D eigenvalue weighted by molar-refractivity contribution is -0.0384. The lowest BCUT2D eigenvalue weighted by Crippen LogP contribution is -2.53. The molecule has 18 heavy (non-hydrogen) atoms. The Kier molecular flexibility index (Phi) is 5.16. The molecule has 3 N–H and O–H groups in total. The second-order valence-electron chi connectivity index (χ2n) is 4.93. The molecular weight excluding hydrogens is 252 g/mol. The van der Waals surface area contributed by atoms with Crippen LogP contribution in [0.4, 0.5) is 0 Å². The van der Waals surface area contributed by atoms with Crippen LogP contribution >= 0.6 is 11.6 Å². The Hall–Kier alpha value is -0.620. The topological polar surface area (TPSA) is 65.1 Å². The maximum atomic E-state index is 6.25. The van der Waals surface area contributed by atoms with Crippen LogP contribution < -0.4 is 11.3 Å². The minimum Gasteiger partial charge on any atom is -0.374 e. The Morgan fingerprint density at radius 3 is 2.56 bits per heavy atom. The molecule has 1 atom stereocenters. The molecule has 1 rings (SSSR count). The van der Waals surface area contributed by atoms with Crippen LogP contribution in [0.25, 0.3) is 0 Å². The number of rotatable bonds is 6. The fourth-order valence-corrected chi connectivity index (χ4v) is 2.31. The minimum atomic E-state index is -0.370. The molecule has 1 unspecified atom stereocenters. The van der Waals surface area contributed by atoms with Gasteiger partial charge in [-0.1, -0.05) is 11.6 Å². The molecule has 0 amide bonds. The lowest BCUT2D eigenvalue weighted by atomic mass is 9.94. The average Bonchev–Trinajstić information content (AvgIpc) is 2.50. The van der Waals surface area contributed by atoms with Crippen LogP contribution in [-0.2, 0) is 18.2 Å². The van der Waals surface area contributed by atoms with Gasteiger partial charge < -0.3 is 4.74 Å². The third kappa shape index (κ3) is 3.23. The Labute approximate surface area is 114 Å². The van der Waals surface area contributed by atoms with Crippen molar-refractivity contribution in [2.75, 3.05) is 6.61 Å². The first-order valence-corrected chi connectivity index (χ1v) is 6.49. The lowest BCUT2D eigenvalue weighted by Gasteiger charge is -2.33. The van der Waals surface area contributed by atoms with Gasteiger partial charge in [0.15, 0.2) is 0 Å². The van der Waals surface area contributed by atoms with Crippen LogP contribution in [0, 0.1) is 6.92 Å². The highest BCUT2D eigenvalue weighted by Gasteiger charge is 2.31. The summed E-state index contributed by atoms with van der Waals surface area (Å²) in [7, 11) is 1.88. The molecule has 0 aliphatic heterocycles. The van der Waals surface area contributed by atoms with Gasteiger partial charge in [0.05, 0.1) is 28.1 Å². The van der Waals surface area contributed by atoms with Crippen molar-refractivity contribution < 1.29 is 4.74 Å². The molecule has 6 heteroatoms. The van der Waals surface area contributed by atoms with Crippen LogP contribution in [0.2, 0.25) is 5.02 Å². The second-order valence-corrected chi connectivity index (χ2v) is 5.31. The Bertz CT molecular complexity index is 403. The number of aryl methyl sites for hydroxylation is 2. The van der Waals surface area contributed by atoms with Crippen LogP contribution in [0.15, 0.2) is 0 Å². The molecule has 1 heterocycles. The third-order valence-corrected chi connectivity index (χ3v) is 3.71. The SMILES string of the molecule is CCOC(C)(C)C(Cc1c(Cl)c(C)nn1C)NN. The van der Waals surface area contributed by atoms with E-state index < -0.39 is 0 Å². The second kappa shape index (κ2) is 6.02. The largest absolute Gasteiger partial charge is 0.374 e. The molecule has 0 saturated heterocycles. The fourth-order valence-electron chi connectivity index (χ4n) is 2.07.